The van der Waals surface area contributed by atoms with E-state index in [2.05, 4.69) is 46.0 Å². The summed E-state index contributed by atoms with van der Waals surface area (Å²) < 4.78 is 13.2. The second kappa shape index (κ2) is 11.5. The number of ether oxygens (including phenoxy) is 2. The summed E-state index contributed by atoms with van der Waals surface area (Å²) in [7, 11) is 3.49. The summed E-state index contributed by atoms with van der Waals surface area (Å²) in [4.78, 5) is 14.6. The minimum atomic E-state index is 0.0576. The zero-order valence-electron chi connectivity index (χ0n) is 20.1. The van der Waals surface area contributed by atoms with Crippen molar-refractivity contribution >= 4 is 17.7 Å². The normalized spacial score (nSPS) is 15.4. The van der Waals surface area contributed by atoms with Gasteiger partial charge in [-0.1, -0.05) is 43.0 Å². The smallest absolute Gasteiger partial charge is 0.233 e. The molecule has 1 atom stereocenters. The van der Waals surface area contributed by atoms with Gasteiger partial charge < -0.3 is 14.4 Å². The first-order chi connectivity index (χ1) is 16.6. The zero-order chi connectivity index (χ0) is 23.9. The SMILES string of the molecule is CCc1ccc(CN(C)C(=O)CSc2nnc(-c3ccc(OC)cc3)n2CC2CCCO2)cc1. The molecule has 1 fully saturated rings. The van der Waals surface area contributed by atoms with Crippen LogP contribution in [0.25, 0.3) is 11.4 Å². The van der Waals surface area contributed by atoms with Crippen LogP contribution >= 0.6 is 11.8 Å². The summed E-state index contributed by atoms with van der Waals surface area (Å²) >= 11 is 1.42. The number of carbonyl (C=O) groups excluding carboxylic acids is 1. The van der Waals surface area contributed by atoms with Crippen molar-refractivity contribution in [2.24, 2.45) is 0 Å². The van der Waals surface area contributed by atoms with Crippen LogP contribution < -0.4 is 4.74 Å². The molecule has 0 bridgehead atoms. The first-order valence-corrected chi connectivity index (χ1v) is 12.7. The molecule has 1 saturated heterocycles. The van der Waals surface area contributed by atoms with E-state index < -0.39 is 0 Å². The average Bonchev–Trinajstić information content (AvgIpc) is 3.53. The lowest BCUT2D eigenvalue weighted by Gasteiger charge is -2.18. The highest BCUT2D eigenvalue weighted by Crippen LogP contribution is 2.28. The Balaban J connectivity index is 1.45. The molecule has 34 heavy (non-hydrogen) atoms. The van der Waals surface area contributed by atoms with Crippen LogP contribution in [-0.2, 0) is 29.0 Å². The van der Waals surface area contributed by atoms with Gasteiger partial charge in [-0.05, 0) is 54.7 Å². The maximum absolute atomic E-state index is 12.9. The highest BCUT2D eigenvalue weighted by atomic mass is 32.2. The van der Waals surface area contributed by atoms with E-state index >= 15 is 0 Å². The number of amides is 1. The molecule has 7 nitrogen and oxygen atoms in total. The van der Waals surface area contributed by atoms with Crippen LogP contribution in [0, 0.1) is 0 Å². The number of hydrogen-bond acceptors (Lipinski definition) is 6. The molecule has 180 valence electrons. The van der Waals surface area contributed by atoms with Crippen molar-refractivity contribution in [3.8, 4) is 17.1 Å². The first kappa shape index (κ1) is 24.3. The Morgan fingerprint density at radius 2 is 1.88 bits per heavy atom. The van der Waals surface area contributed by atoms with E-state index in [1.807, 2.05) is 31.3 Å². The predicted molar refractivity (Wildman–Crippen MR) is 134 cm³/mol. The number of aromatic nitrogens is 3. The summed E-state index contributed by atoms with van der Waals surface area (Å²) in [6.45, 7) is 4.18. The number of nitrogens with zero attached hydrogens (tertiary/aromatic N) is 4. The lowest BCUT2D eigenvalue weighted by Crippen LogP contribution is -2.28. The molecule has 2 heterocycles. The number of hydrogen-bond donors (Lipinski definition) is 0. The van der Waals surface area contributed by atoms with Crippen molar-refractivity contribution in [2.45, 2.75) is 50.5 Å². The van der Waals surface area contributed by atoms with Crippen LogP contribution in [0.1, 0.15) is 30.9 Å². The molecule has 8 heteroatoms. The number of thioether (sulfide) groups is 1. The lowest BCUT2D eigenvalue weighted by atomic mass is 10.1. The molecule has 4 rings (SSSR count). The molecule has 0 N–H and O–H groups in total. The monoisotopic (exact) mass is 480 g/mol. The molecule has 0 aliphatic carbocycles. The van der Waals surface area contributed by atoms with Gasteiger partial charge in [-0.2, -0.15) is 0 Å². The van der Waals surface area contributed by atoms with E-state index in [1.54, 1.807) is 12.0 Å². The third-order valence-electron chi connectivity index (χ3n) is 6.08. The standard InChI is InChI=1S/C26H32N4O3S/c1-4-19-7-9-20(10-8-19)16-29(2)24(31)18-34-26-28-27-25(21-11-13-22(32-3)14-12-21)30(26)17-23-6-5-15-33-23/h7-14,23H,4-6,15-18H2,1-3H3. The summed E-state index contributed by atoms with van der Waals surface area (Å²) in [5.74, 6) is 1.93. The number of methoxy groups -OCH3 is 1. The minimum absolute atomic E-state index is 0.0576. The molecule has 0 radical (unpaired) electrons. The van der Waals surface area contributed by atoms with Gasteiger partial charge in [0.1, 0.15) is 5.75 Å². The Morgan fingerprint density at radius 3 is 2.53 bits per heavy atom. The third kappa shape index (κ3) is 5.98. The van der Waals surface area contributed by atoms with E-state index in [9.17, 15) is 4.79 Å². The summed E-state index contributed by atoms with van der Waals surface area (Å²) in [5.41, 5.74) is 3.38. The molecule has 1 aromatic heterocycles. The van der Waals surface area contributed by atoms with Crippen LogP contribution in [0.15, 0.2) is 53.7 Å². The lowest BCUT2D eigenvalue weighted by molar-refractivity contribution is -0.127. The molecule has 0 spiro atoms. The second-order valence-electron chi connectivity index (χ2n) is 8.49. The Kier molecular flexibility index (Phi) is 8.24. The highest BCUT2D eigenvalue weighted by molar-refractivity contribution is 7.99. The Hall–Kier alpha value is -2.84. The van der Waals surface area contributed by atoms with E-state index in [0.29, 0.717) is 18.8 Å². The van der Waals surface area contributed by atoms with Crippen LogP contribution in [0.2, 0.25) is 0 Å². The highest BCUT2D eigenvalue weighted by Gasteiger charge is 2.23. The van der Waals surface area contributed by atoms with Crippen molar-refractivity contribution in [3.63, 3.8) is 0 Å². The molecule has 1 amide bonds. The average molecular weight is 481 g/mol. The summed E-state index contributed by atoms with van der Waals surface area (Å²) in [5, 5.41) is 9.62. The largest absolute Gasteiger partial charge is 0.497 e. The Labute approximate surface area is 205 Å². The quantitative estimate of drug-likeness (QED) is 0.400. The fraction of sp³-hybridized carbons (Fsp3) is 0.423. The summed E-state index contributed by atoms with van der Waals surface area (Å²) in [6, 6.07) is 16.2. The van der Waals surface area contributed by atoms with Crippen molar-refractivity contribution < 1.29 is 14.3 Å². The molecular formula is C26H32N4O3S. The molecule has 1 aliphatic rings. The fourth-order valence-corrected chi connectivity index (χ4v) is 4.87. The molecular weight excluding hydrogens is 448 g/mol. The van der Waals surface area contributed by atoms with Gasteiger partial charge in [0.2, 0.25) is 5.91 Å². The summed E-state index contributed by atoms with van der Waals surface area (Å²) in [6.07, 6.45) is 3.23. The van der Waals surface area contributed by atoms with Gasteiger partial charge in [-0.25, -0.2) is 0 Å². The molecule has 3 aromatic rings. The van der Waals surface area contributed by atoms with Gasteiger partial charge in [0.05, 0.1) is 25.5 Å². The number of carbonyl (C=O) groups is 1. The molecule has 1 unspecified atom stereocenters. The van der Waals surface area contributed by atoms with Gasteiger partial charge in [-0.3, -0.25) is 9.36 Å². The minimum Gasteiger partial charge on any atom is -0.497 e. The van der Waals surface area contributed by atoms with E-state index in [4.69, 9.17) is 9.47 Å². The number of rotatable bonds is 10. The molecule has 1 aliphatic heterocycles. The van der Waals surface area contributed by atoms with E-state index in [1.165, 1.54) is 17.3 Å². The maximum Gasteiger partial charge on any atom is 0.233 e. The first-order valence-electron chi connectivity index (χ1n) is 11.7. The van der Waals surface area contributed by atoms with Crippen molar-refractivity contribution in [2.75, 3.05) is 26.5 Å². The van der Waals surface area contributed by atoms with E-state index in [0.717, 1.165) is 53.7 Å². The van der Waals surface area contributed by atoms with Gasteiger partial charge in [0.25, 0.3) is 0 Å². The van der Waals surface area contributed by atoms with Crippen LogP contribution in [0.4, 0.5) is 0 Å². The van der Waals surface area contributed by atoms with Gasteiger partial charge in [0.15, 0.2) is 11.0 Å². The van der Waals surface area contributed by atoms with Crippen LogP contribution in [0.5, 0.6) is 5.75 Å². The van der Waals surface area contributed by atoms with Crippen LogP contribution in [0.3, 0.4) is 0 Å². The zero-order valence-corrected chi connectivity index (χ0v) is 20.9. The molecule has 2 aromatic carbocycles. The van der Waals surface area contributed by atoms with Crippen molar-refractivity contribution in [3.05, 3.63) is 59.7 Å². The van der Waals surface area contributed by atoms with E-state index in [-0.39, 0.29) is 12.0 Å². The number of aryl methyl sites for hydroxylation is 1. The second-order valence-corrected chi connectivity index (χ2v) is 9.43. The van der Waals surface area contributed by atoms with Gasteiger partial charge in [0, 0.05) is 25.8 Å². The van der Waals surface area contributed by atoms with Crippen LogP contribution in [-0.4, -0.2) is 58.2 Å². The van der Waals surface area contributed by atoms with Gasteiger partial charge >= 0.3 is 0 Å². The third-order valence-corrected chi connectivity index (χ3v) is 7.03. The number of benzene rings is 2. The van der Waals surface area contributed by atoms with Crippen molar-refractivity contribution in [1.82, 2.24) is 19.7 Å². The predicted octanol–water partition coefficient (Wildman–Crippen LogP) is 4.45. The van der Waals surface area contributed by atoms with Crippen molar-refractivity contribution in [1.29, 1.82) is 0 Å². The van der Waals surface area contributed by atoms with Gasteiger partial charge in [-0.15, -0.1) is 10.2 Å². The Morgan fingerprint density at radius 1 is 1.15 bits per heavy atom. The topological polar surface area (TPSA) is 69.5 Å². The molecule has 0 saturated carbocycles. The fourth-order valence-electron chi connectivity index (χ4n) is 3.98. The maximum atomic E-state index is 12.9. The Bertz CT molecular complexity index is 1080.